The molecule has 1 N–H and O–H groups in total. The van der Waals surface area contributed by atoms with E-state index in [2.05, 4.69) is 65.4 Å². The van der Waals surface area contributed by atoms with E-state index < -0.39 is 0 Å². The third-order valence-corrected chi connectivity index (χ3v) is 6.22. The smallest absolute Gasteiger partial charge is 0.174 e. The predicted molar refractivity (Wildman–Crippen MR) is 146 cm³/mol. The lowest BCUT2D eigenvalue weighted by atomic mass is 10.1. The zero-order valence-electron chi connectivity index (χ0n) is 20.8. The standard InChI is InChI=1S/C28H35N3O2S/c1-6-30(7-2)24-13-9-22(10-14-24)19-31(20-23-11-15-25(32-4)16-12-23)28(34)29-26-17-8-21(3)18-27(26)33-5/h8-18H,6-7,19-20H2,1-5H3,(H,29,34). The lowest BCUT2D eigenvalue weighted by Gasteiger charge is -2.27. The van der Waals surface area contributed by atoms with Crippen LogP contribution < -0.4 is 19.7 Å². The van der Waals surface area contributed by atoms with Gasteiger partial charge in [-0.05, 0) is 86.1 Å². The molecule has 0 atom stereocenters. The van der Waals surface area contributed by atoms with E-state index in [1.54, 1.807) is 14.2 Å². The highest BCUT2D eigenvalue weighted by molar-refractivity contribution is 7.80. The van der Waals surface area contributed by atoms with Gasteiger partial charge in [-0.3, -0.25) is 0 Å². The molecule has 0 aromatic heterocycles. The van der Waals surface area contributed by atoms with Gasteiger partial charge in [0.05, 0.1) is 19.9 Å². The van der Waals surface area contributed by atoms with Gasteiger partial charge in [-0.25, -0.2) is 0 Å². The molecule has 0 aliphatic carbocycles. The maximum absolute atomic E-state index is 5.88. The number of thiocarbonyl (C=S) groups is 1. The SMILES string of the molecule is CCN(CC)c1ccc(CN(Cc2ccc(OC)cc2)C(=S)Nc2ccc(C)cc2OC)cc1. The summed E-state index contributed by atoms with van der Waals surface area (Å²) in [5.74, 6) is 1.61. The Labute approximate surface area is 209 Å². The molecule has 0 aliphatic heterocycles. The number of rotatable bonds is 10. The molecule has 0 unspecified atom stereocenters. The van der Waals surface area contributed by atoms with Crippen molar-refractivity contribution in [2.45, 2.75) is 33.9 Å². The molecule has 0 saturated carbocycles. The first kappa shape index (κ1) is 25.4. The molecule has 0 heterocycles. The van der Waals surface area contributed by atoms with Gasteiger partial charge in [-0.2, -0.15) is 0 Å². The summed E-state index contributed by atoms with van der Waals surface area (Å²) in [6.07, 6.45) is 0. The van der Waals surface area contributed by atoms with Crippen LogP contribution in [0.5, 0.6) is 11.5 Å². The molecule has 0 aliphatic rings. The van der Waals surface area contributed by atoms with Gasteiger partial charge in [0.25, 0.3) is 0 Å². The van der Waals surface area contributed by atoms with Crippen LogP contribution in [0.15, 0.2) is 66.7 Å². The van der Waals surface area contributed by atoms with Crippen LogP contribution in [-0.4, -0.2) is 37.3 Å². The minimum Gasteiger partial charge on any atom is -0.497 e. The normalized spacial score (nSPS) is 10.5. The minimum atomic E-state index is 0.644. The summed E-state index contributed by atoms with van der Waals surface area (Å²) in [6, 6.07) is 22.9. The van der Waals surface area contributed by atoms with Crippen molar-refractivity contribution in [3.63, 3.8) is 0 Å². The fourth-order valence-electron chi connectivity index (χ4n) is 3.87. The topological polar surface area (TPSA) is 37.0 Å². The van der Waals surface area contributed by atoms with E-state index in [9.17, 15) is 0 Å². The highest BCUT2D eigenvalue weighted by Gasteiger charge is 2.14. The second kappa shape index (κ2) is 12.3. The lowest BCUT2D eigenvalue weighted by molar-refractivity contribution is 0.405. The van der Waals surface area contributed by atoms with Gasteiger partial charge >= 0.3 is 0 Å². The number of hydrogen-bond acceptors (Lipinski definition) is 4. The van der Waals surface area contributed by atoms with E-state index in [0.29, 0.717) is 18.2 Å². The van der Waals surface area contributed by atoms with Crippen molar-refractivity contribution >= 4 is 28.7 Å². The third-order valence-electron chi connectivity index (χ3n) is 5.86. The van der Waals surface area contributed by atoms with Crippen molar-refractivity contribution in [2.24, 2.45) is 0 Å². The molecule has 3 aromatic rings. The Hall–Kier alpha value is -3.25. The van der Waals surface area contributed by atoms with E-state index in [4.69, 9.17) is 21.7 Å². The minimum absolute atomic E-state index is 0.644. The molecule has 0 saturated heterocycles. The second-order valence-corrected chi connectivity index (χ2v) is 8.56. The molecule has 5 nitrogen and oxygen atoms in total. The molecule has 0 spiro atoms. The van der Waals surface area contributed by atoms with Gasteiger partial charge < -0.3 is 24.6 Å². The highest BCUT2D eigenvalue weighted by Crippen LogP contribution is 2.26. The summed E-state index contributed by atoms with van der Waals surface area (Å²) < 4.78 is 10.9. The molecular formula is C28H35N3O2S. The monoisotopic (exact) mass is 477 g/mol. The molecule has 0 amide bonds. The van der Waals surface area contributed by atoms with Crippen LogP contribution in [0, 0.1) is 6.92 Å². The summed E-state index contributed by atoms with van der Waals surface area (Å²) in [5, 5.41) is 4.04. The number of anilines is 2. The number of benzene rings is 3. The largest absolute Gasteiger partial charge is 0.497 e. The van der Waals surface area contributed by atoms with Gasteiger partial charge in [0.2, 0.25) is 0 Å². The Morgan fingerprint density at radius 3 is 1.94 bits per heavy atom. The Morgan fingerprint density at radius 2 is 1.41 bits per heavy atom. The molecule has 0 radical (unpaired) electrons. The molecule has 180 valence electrons. The average molecular weight is 478 g/mol. The van der Waals surface area contributed by atoms with Gasteiger partial charge in [-0.1, -0.05) is 30.3 Å². The van der Waals surface area contributed by atoms with E-state index >= 15 is 0 Å². The van der Waals surface area contributed by atoms with Crippen LogP contribution >= 0.6 is 12.2 Å². The van der Waals surface area contributed by atoms with Gasteiger partial charge in [0, 0.05) is 31.9 Å². The zero-order valence-corrected chi connectivity index (χ0v) is 21.6. The molecule has 0 bridgehead atoms. The molecule has 6 heteroatoms. The van der Waals surface area contributed by atoms with Crippen LogP contribution in [0.4, 0.5) is 11.4 Å². The molecular weight excluding hydrogens is 442 g/mol. The number of hydrogen-bond donors (Lipinski definition) is 1. The summed E-state index contributed by atoms with van der Waals surface area (Å²) in [7, 11) is 3.35. The number of nitrogens with one attached hydrogen (secondary N) is 1. The first-order valence-corrected chi connectivity index (χ1v) is 12.1. The van der Waals surface area contributed by atoms with Gasteiger partial charge in [-0.15, -0.1) is 0 Å². The zero-order chi connectivity index (χ0) is 24.5. The van der Waals surface area contributed by atoms with E-state index in [-0.39, 0.29) is 0 Å². The first-order valence-electron chi connectivity index (χ1n) is 11.6. The third kappa shape index (κ3) is 6.64. The number of methoxy groups -OCH3 is 2. The molecule has 3 rings (SSSR count). The fraction of sp³-hybridized carbons (Fsp3) is 0.321. The summed E-state index contributed by atoms with van der Waals surface area (Å²) >= 11 is 5.88. The highest BCUT2D eigenvalue weighted by atomic mass is 32.1. The quantitative estimate of drug-likeness (QED) is 0.348. The van der Waals surface area contributed by atoms with Gasteiger partial charge in [0.15, 0.2) is 5.11 Å². The Morgan fingerprint density at radius 1 is 0.824 bits per heavy atom. The Balaban J connectivity index is 1.83. The lowest BCUT2D eigenvalue weighted by Crippen LogP contribution is -2.34. The van der Waals surface area contributed by atoms with Crippen LogP contribution in [-0.2, 0) is 13.1 Å². The van der Waals surface area contributed by atoms with Crippen molar-refractivity contribution < 1.29 is 9.47 Å². The number of ether oxygens (including phenoxy) is 2. The van der Waals surface area contributed by atoms with Crippen LogP contribution in [0.1, 0.15) is 30.5 Å². The van der Waals surface area contributed by atoms with Crippen LogP contribution in [0.2, 0.25) is 0 Å². The Bertz CT molecular complexity index is 1060. The van der Waals surface area contributed by atoms with Crippen molar-refractivity contribution in [1.82, 2.24) is 4.90 Å². The number of aryl methyl sites for hydroxylation is 1. The summed E-state index contributed by atoms with van der Waals surface area (Å²) in [5.41, 5.74) is 5.58. The maximum atomic E-state index is 5.88. The summed E-state index contributed by atoms with van der Waals surface area (Å²) in [6.45, 7) is 9.74. The molecule has 0 fully saturated rings. The number of nitrogens with zero attached hydrogens (tertiary/aromatic N) is 2. The van der Waals surface area contributed by atoms with Crippen molar-refractivity contribution in [2.75, 3.05) is 37.5 Å². The first-order chi connectivity index (χ1) is 16.5. The predicted octanol–water partition coefficient (Wildman–Crippen LogP) is 6.26. The molecule has 34 heavy (non-hydrogen) atoms. The average Bonchev–Trinajstić information content (AvgIpc) is 2.86. The van der Waals surface area contributed by atoms with Crippen molar-refractivity contribution in [3.05, 3.63) is 83.4 Å². The fourth-order valence-corrected chi connectivity index (χ4v) is 4.11. The van der Waals surface area contributed by atoms with E-state index in [0.717, 1.165) is 41.4 Å². The summed E-state index contributed by atoms with van der Waals surface area (Å²) in [4.78, 5) is 4.51. The van der Waals surface area contributed by atoms with Crippen molar-refractivity contribution in [1.29, 1.82) is 0 Å². The van der Waals surface area contributed by atoms with E-state index in [1.807, 2.05) is 37.3 Å². The maximum Gasteiger partial charge on any atom is 0.174 e. The van der Waals surface area contributed by atoms with Gasteiger partial charge in [0.1, 0.15) is 11.5 Å². The molecule has 3 aromatic carbocycles. The van der Waals surface area contributed by atoms with E-state index in [1.165, 1.54) is 11.3 Å². The van der Waals surface area contributed by atoms with Crippen LogP contribution in [0.25, 0.3) is 0 Å². The Kier molecular flexibility index (Phi) is 9.16. The van der Waals surface area contributed by atoms with Crippen LogP contribution in [0.3, 0.4) is 0 Å². The second-order valence-electron chi connectivity index (χ2n) is 8.18. The van der Waals surface area contributed by atoms with Crippen molar-refractivity contribution in [3.8, 4) is 11.5 Å².